The zero-order chi connectivity index (χ0) is 15.4. The fourth-order valence-electron chi connectivity index (χ4n) is 1.27. The minimum atomic E-state index is -0.484. The van der Waals surface area contributed by atoms with E-state index in [0.29, 0.717) is 26.2 Å². The van der Waals surface area contributed by atoms with Crippen LogP contribution in [-0.4, -0.2) is 57.5 Å². The van der Waals surface area contributed by atoms with Crippen molar-refractivity contribution < 1.29 is 19.1 Å². The number of hydrogen-bond donors (Lipinski definition) is 3. The van der Waals surface area contributed by atoms with Crippen LogP contribution in [0.25, 0.3) is 0 Å². The van der Waals surface area contributed by atoms with Crippen LogP contribution in [0.3, 0.4) is 0 Å². The highest BCUT2D eigenvalue weighted by Crippen LogP contribution is 2.06. The van der Waals surface area contributed by atoms with Gasteiger partial charge in [-0.15, -0.1) is 0 Å². The molecule has 7 nitrogen and oxygen atoms in total. The summed E-state index contributed by atoms with van der Waals surface area (Å²) in [7, 11) is 1.59. The van der Waals surface area contributed by atoms with Crippen molar-refractivity contribution in [2.45, 2.75) is 32.8 Å². The molecule has 0 rings (SSSR count). The van der Waals surface area contributed by atoms with E-state index in [1.807, 2.05) is 20.8 Å². The number of ether oxygens (including phenoxy) is 2. The van der Waals surface area contributed by atoms with Crippen molar-refractivity contribution in [2.75, 3.05) is 39.9 Å². The third-order valence-corrected chi connectivity index (χ3v) is 2.11. The molecule has 0 fully saturated rings. The van der Waals surface area contributed by atoms with Gasteiger partial charge in [0.25, 0.3) is 0 Å². The standard InChI is InChI=1S/C13H27N3O4/c1-13(2,3)20-12(18)16-7-5-6-14-10-11(17)15-8-9-19-4/h14H,5-10H2,1-4H3,(H,15,17)(H,16,18). The molecule has 7 heteroatoms. The normalized spacial score (nSPS) is 11.0. The first-order chi connectivity index (χ1) is 9.35. The molecule has 0 unspecified atom stereocenters. The lowest BCUT2D eigenvalue weighted by atomic mass is 10.2. The van der Waals surface area contributed by atoms with E-state index in [1.165, 1.54) is 0 Å². The number of amides is 2. The number of carbonyl (C=O) groups excluding carboxylic acids is 2. The van der Waals surface area contributed by atoms with Crippen molar-refractivity contribution in [1.29, 1.82) is 0 Å². The molecule has 0 aliphatic heterocycles. The van der Waals surface area contributed by atoms with E-state index < -0.39 is 11.7 Å². The van der Waals surface area contributed by atoms with Gasteiger partial charge in [-0.25, -0.2) is 4.79 Å². The van der Waals surface area contributed by atoms with Crippen LogP contribution in [0.15, 0.2) is 0 Å². The Kier molecular flexibility index (Phi) is 9.75. The molecule has 0 atom stereocenters. The van der Waals surface area contributed by atoms with Crippen molar-refractivity contribution in [3.8, 4) is 0 Å². The van der Waals surface area contributed by atoms with Gasteiger partial charge < -0.3 is 25.4 Å². The van der Waals surface area contributed by atoms with Crippen LogP contribution in [-0.2, 0) is 14.3 Å². The lowest BCUT2D eigenvalue weighted by Crippen LogP contribution is -2.37. The molecule has 118 valence electrons. The molecular weight excluding hydrogens is 262 g/mol. The van der Waals surface area contributed by atoms with E-state index >= 15 is 0 Å². The lowest BCUT2D eigenvalue weighted by Gasteiger charge is -2.19. The van der Waals surface area contributed by atoms with Crippen LogP contribution in [0.1, 0.15) is 27.2 Å². The predicted molar refractivity (Wildman–Crippen MR) is 76.6 cm³/mol. The molecule has 0 heterocycles. The van der Waals surface area contributed by atoms with Gasteiger partial charge in [-0.1, -0.05) is 0 Å². The van der Waals surface area contributed by atoms with E-state index in [9.17, 15) is 9.59 Å². The zero-order valence-electron chi connectivity index (χ0n) is 12.9. The van der Waals surface area contributed by atoms with Gasteiger partial charge in [0.1, 0.15) is 5.60 Å². The van der Waals surface area contributed by atoms with Gasteiger partial charge in [0.2, 0.25) is 5.91 Å². The maximum absolute atomic E-state index is 11.3. The molecule has 0 bridgehead atoms. The highest BCUT2D eigenvalue weighted by molar-refractivity contribution is 5.77. The summed E-state index contributed by atoms with van der Waals surface area (Å²) in [6.07, 6.45) is 0.305. The van der Waals surface area contributed by atoms with Crippen molar-refractivity contribution >= 4 is 12.0 Å². The zero-order valence-corrected chi connectivity index (χ0v) is 12.9. The van der Waals surface area contributed by atoms with Crippen LogP contribution >= 0.6 is 0 Å². The van der Waals surface area contributed by atoms with Crippen molar-refractivity contribution in [3.63, 3.8) is 0 Å². The van der Waals surface area contributed by atoms with Crippen molar-refractivity contribution in [2.24, 2.45) is 0 Å². The summed E-state index contributed by atoms with van der Waals surface area (Å²) in [6, 6.07) is 0. The molecular formula is C13H27N3O4. The summed E-state index contributed by atoms with van der Waals surface area (Å²) in [6.45, 7) is 7.88. The number of carbonyl (C=O) groups is 2. The largest absolute Gasteiger partial charge is 0.444 e. The summed E-state index contributed by atoms with van der Waals surface area (Å²) in [5.41, 5.74) is -0.484. The predicted octanol–water partition coefficient (Wildman–Crippen LogP) is 0.253. The van der Waals surface area contributed by atoms with Crippen LogP contribution in [0.4, 0.5) is 4.79 Å². The summed E-state index contributed by atoms with van der Waals surface area (Å²) in [4.78, 5) is 22.6. The Hall–Kier alpha value is -1.34. The SMILES string of the molecule is COCCNC(=O)CNCCCNC(=O)OC(C)(C)C. The molecule has 0 spiro atoms. The Morgan fingerprint density at radius 3 is 2.35 bits per heavy atom. The van der Waals surface area contributed by atoms with Gasteiger partial charge in [0.05, 0.1) is 13.2 Å². The van der Waals surface area contributed by atoms with Gasteiger partial charge in [0.15, 0.2) is 0 Å². The third kappa shape index (κ3) is 13.1. The minimum Gasteiger partial charge on any atom is -0.444 e. The molecule has 0 radical (unpaired) electrons. The lowest BCUT2D eigenvalue weighted by molar-refractivity contribution is -0.120. The first kappa shape index (κ1) is 18.7. The Morgan fingerprint density at radius 2 is 1.75 bits per heavy atom. The fourth-order valence-corrected chi connectivity index (χ4v) is 1.27. The molecule has 0 aromatic heterocycles. The van der Waals surface area contributed by atoms with E-state index in [-0.39, 0.29) is 12.5 Å². The number of rotatable bonds is 9. The van der Waals surface area contributed by atoms with Gasteiger partial charge in [-0.3, -0.25) is 4.79 Å². The molecule has 0 saturated carbocycles. The molecule has 0 aliphatic carbocycles. The third-order valence-electron chi connectivity index (χ3n) is 2.11. The Balaban J connectivity index is 3.40. The van der Waals surface area contributed by atoms with Gasteiger partial charge in [-0.2, -0.15) is 0 Å². The number of alkyl carbamates (subject to hydrolysis) is 1. The van der Waals surface area contributed by atoms with Crippen molar-refractivity contribution in [3.05, 3.63) is 0 Å². The molecule has 0 aromatic rings. The maximum Gasteiger partial charge on any atom is 0.407 e. The van der Waals surface area contributed by atoms with Gasteiger partial charge in [0, 0.05) is 20.2 Å². The van der Waals surface area contributed by atoms with Crippen molar-refractivity contribution in [1.82, 2.24) is 16.0 Å². The van der Waals surface area contributed by atoms with E-state index in [1.54, 1.807) is 7.11 Å². The van der Waals surface area contributed by atoms with Crippen LogP contribution in [0, 0.1) is 0 Å². The Labute approximate surface area is 120 Å². The maximum atomic E-state index is 11.3. The molecule has 20 heavy (non-hydrogen) atoms. The monoisotopic (exact) mass is 289 g/mol. The fraction of sp³-hybridized carbons (Fsp3) is 0.846. The topological polar surface area (TPSA) is 88.7 Å². The smallest absolute Gasteiger partial charge is 0.407 e. The summed E-state index contributed by atoms with van der Waals surface area (Å²) >= 11 is 0. The molecule has 0 aromatic carbocycles. The molecule has 0 saturated heterocycles. The summed E-state index contributed by atoms with van der Waals surface area (Å²) in [5, 5.41) is 8.34. The quantitative estimate of drug-likeness (QED) is 0.530. The molecule has 0 aliphatic rings. The minimum absolute atomic E-state index is 0.0675. The second-order valence-electron chi connectivity index (χ2n) is 5.30. The number of methoxy groups -OCH3 is 1. The number of hydrogen-bond acceptors (Lipinski definition) is 5. The average molecular weight is 289 g/mol. The first-order valence-corrected chi connectivity index (χ1v) is 6.78. The summed E-state index contributed by atoms with van der Waals surface area (Å²) in [5.74, 6) is -0.0675. The van der Waals surface area contributed by atoms with Gasteiger partial charge >= 0.3 is 6.09 Å². The second kappa shape index (κ2) is 10.4. The van der Waals surface area contributed by atoms with Crippen LogP contribution < -0.4 is 16.0 Å². The summed E-state index contributed by atoms with van der Waals surface area (Å²) < 4.78 is 9.91. The molecule has 3 N–H and O–H groups in total. The van der Waals surface area contributed by atoms with E-state index in [2.05, 4.69) is 16.0 Å². The van der Waals surface area contributed by atoms with Crippen LogP contribution in [0.5, 0.6) is 0 Å². The Bertz CT molecular complexity index is 290. The van der Waals surface area contributed by atoms with E-state index in [4.69, 9.17) is 9.47 Å². The highest BCUT2D eigenvalue weighted by atomic mass is 16.6. The van der Waals surface area contributed by atoms with E-state index in [0.717, 1.165) is 6.42 Å². The molecule has 2 amide bonds. The van der Waals surface area contributed by atoms with Crippen LogP contribution in [0.2, 0.25) is 0 Å². The number of nitrogens with one attached hydrogen (secondary N) is 3. The second-order valence-corrected chi connectivity index (χ2v) is 5.30. The van der Waals surface area contributed by atoms with Gasteiger partial charge in [-0.05, 0) is 33.7 Å². The average Bonchev–Trinajstić information content (AvgIpc) is 2.31. The Morgan fingerprint density at radius 1 is 1.05 bits per heavy atom. The highest BCUT2D eigenvalue weighted by Gasteiger charge is 2.15. The first-order valence-electron chi connectivity index (χ1n) is 6.78.